The second-order valence-corrected chi connectivity index (χ2v) is 3.79. The molecular formula is C11H18N4O2. The second-order valence-electron chi connectivity index (χ2n) is 3.79. The van der Waals surface area contributed by atoms with Gasteiger partial charge < -0.3 is 11.5 Å². The summed E-state index contributed by atoms with van der Waals surface area (Å²) in [5, 5.41) is 0. The third-order valence-corrected chi connectivity index (χ3v) is 2.55. The average Bonchev–Trinajstić information content (AvgIpc) is 2.32. The number of rotatable bonds is 5. The first-order valence-electron chi connectivity index (χ1n) is 5.54. The lowest BCUT2D eigenvalue weighted by Crippen LogP contribution is -2.42. The molecule has 0 atom stereocenters. The molecule has 0 aromatic carbocycles. The van der Waals surface area contributed by atoms with Gasteiger partial charge in [0.05, 0.1) is 0 Å². The van der Waals surface area contributed by atoms with E-state index in [0.29, 0.717) is 6.54 Å². The molecule has 4 N–H and O–H groups in total. The van der Waals surface area contributed by atoms with Gasteiger partial charge in [-0.3, -0.25) is 13.9 Å². The number of nitrogen functional groups attached to an aromatic ring is 2. The Kier molecular flexibility index (Phi) is 4.14. The molecular weight excluding hydrogens is 220 g/mol. The lowest BCUT2D eigenvalue weighted by Gasteiger charge is -2.13. The number of hydrogen-bond acceptors (Lipinski definition) is 4. The molecule has 0 aliphatic rings. The Morgan fingerprint density at radius 1 is 1.29 bits per heavy atom. The van der Waals surface area contributed by atoms with Crippen LogP contribution >= 0.6 is 0 Å². The molecule has 17 heavy (non-hydrogen) atoms. The molecule has 0 aliphatic carbocycles. The highest BCUT2D eigenvalue weighted by molar-refractivity contribution is 5.56. The maximum atomic E-state index is 12.0. The summed E-state index contributed by atoms with van der Waals surface area (Å²) >= 11 is 0. The minimum Gasteiger partial charge on any atom is -0.391 e. The summed E-state index contributed by atoms with van der Waals surface area (Å²) < 4.78 is 2.37. The fraction of sp³-hybridized carbons (Fsp3) is 0.455. The summed E-state index contributed by atoms with van der Waals surface area (Å²) in [4.78, 5) is 23.7. The van der Waals surface area contributed by atoms with Crippen molar-refractivity contribution >= 4 is 11.5 Å². The van der Waals surface area contributed by atoms with E-state index in [4.69, 9.17) is 11.5 Å². The predicted molar refractivity (Wildman–Crippen MR) is 68.9 cm³/mol. The molecule has 6 heteroatoms. The zero-order valence-corrected chi connectivity index (χ0v) is 9.98. The van der Waals surface area contributed by atoms with Gasteiger partial charge in [-0.2, -0.15) is 0 Å². The summed E-state index contributed by atoms with van der Waals surface area (Å²) in [6, 6.07) is 0. The van der Waals surface area contributed by atoms with Gasteiger partial charge in [-0.15, -0.1) is 6.58 Å². The third-order valence-electron chi connectivity index (χ3n) is 2.55. The van der Waals surface area contributed by atoms with E-state index in [2.05, 4.69) is 6.58 Å². The smallest absolute Gasteiger partial charge is 0.332 e. The van der Waals surface area contributed by atoms with Crippen LogP contribution in [0, 0.1) is 0 Å². The van der Waals surface area contributed by atoms with E-state index >= 15 is 0 Å². The summed E-state index contributed by atoms with van der Waals surface area (Å²) in [7, 11) is 0. The van der Waals surface area contributed by atoms with E-state index in [9.17, 15) is 9.59 Å². The Hall–Kier alpha value is -1.98. The largest absolute Gasteiger partial charge is 0.391 e. The van der Waals surface area contributed by atoms with Gasteiger partial charge in [-0.05, 0) is 6.42 Å². The van der Waals surface area contributed by atoms with Crippen molar-refractivity contribution in [2.24, 2.45) is 0 Å². The van der Waals surface area contributed by atoms with Crippen molar-refractivity contribution in [2.75, 3.05) is 11.5 Å². The van der Waals surface area contributed by atoms with Crippen LogP contribution in [0.2, 0.25) is 0 Å². The highest BCUT2D eigenvalue weighted by Gasteiger charge is 2.13. The molecule has 0 fully saturated rings. The molecule has 0 unspecified atom stereocenters. The summed E-state index contributed by atoms with van der Waals surface area (Å²) in [6.45, 7) is 6.10. The maximum absolute atomic E-state index is 12.0. The van der Waals surface area contributed by atoms with Crippen molar-refractivity contribution in [1.29, 1.82) is 0 Å². The van der Waals surface area contributed by atoms with Gasteiger partial charge in [-0.1, -0.05) is 19.4 Å². The zero-order valence-electron chi connectivity index (χ0n) is 9.98. The minimum absolute atomic E-state index is 0.0498. The molecule has 0 radical (unpaired) electrons. The second kappa shape index (κ2) is 5.38. The fourth-order valence-electron chi connectivity index (χ4n) is 1.56. The predicted octanol–water partition coefficient (Wildman–Crippen LogP) is 0.161. The lowest BCUT2D eigenvalue weighted by molar-refractivity contribution is 0.564. The van der Waals surface area contributed by atoms with E-state index in [1.165, 1.54) is 10.6 Å². The molecule has 0 saturated carbocycles. The van der Waals surface area contributed by atoms with Crippen molar-refractivity contribution in [2.45, 2.75) is 32.9 Å². The van der Waals surface area contributed by atoms with Gasteiger partial charge in [0.25, 0.3) is 5.56 Å². The first-order valence-corrected chi connectivity index (χ1v) is 5.54. The highest BCUT2D eigenvalue weighted by atomic mass is 16.2. The summed E-state index contributed by atoms with van der Waals surface area (Å²) in [6.07, 6.45) is 3.20. The van der Waals surface area contributed by atoms with Gasteiger partial charge in [0, 0.05) is 13.1 Å². The van der Waals surface area contributed by atoms with Crippen LogP contribution in [0.15, 0.2) is 22.2 Å². The molecule has 94 valence electrons. The number of allylic oxidation sites excluding steroid dienone is 1. The van der Waals surface area contributed by atoms with Crippen LogP contribution in [-0.4, -0.2) is 9.13 Å². The van der Waals surface area contributed by atoms with Gasteiger partial charge in [0.15, 0.2) is 0 Å². The van der Waals surface area contributed by atoms with Gasteiger partial charge >= 0.3 is 5.69 Å². The first kappa shape index (κ1) is 13.1. The van der Waals surface area contributed by atoms with Gasteiger partial charge in [-0.25, -0.2) is 4.79 Å². The number of unbranched alkanes of at least 4 members (excludes halogenated alkanes) is 1. The molecule has 0 saturated heterocycles. The first-order chi connectivity index (χ1) is 8.04. The fourth-order valence-corrected chi connectivity index (χ4v) is 1.56. The van der Waals surface area contributed by atoms with E-state index in [1.807, 2.05) is 6.92 Å². The number of nitrogens with two attached hydrogens (primary N) is 2. The van der Waals surface area contributed by atoms with Crippen LogP contribution < -0.4 is 22.7 Å². The minimum atomic E-state index is -0.555. The van der Waals surface area contributed by atoms with Crippen molar-refractivity contribution in [3.05, 3.63) is 33.5 Å². The Morgan fingerprint density at radius 3 is 2.47 bits per heavy atom. The maximum Gasteiger partial charge on any atom is 0.332 e. The number of hydrogen-bond donors (Lipinski definition) is 2. The number of nitrogens with zero attached hydrogens (tertiary/aromatic N) is 2. The summed E-state index contributed by atoms with van der Waals surface area (Å²) in [5.74, 6) is 0.0498. The van der Waals surface area contributed by atoms with E-state index in [1.54, 1.807) is 0 Å². The average molecular weight is 238 g/mol. The van der Waals surface area contributed by atoms with Crippen LogP contribution in [0.3, 0.4) is 0 Å². The quantitative estimate of drug-likeness (QED) is 0.714. The van der Waals surface area contributed by atoms with Crippen molar-refractivity contribution < 1.29 is 0 Å². The lowest BCUT2D eigenvalue weighted by atomic mass is 10.3. The highest BCUT2D eigenvalue weighted by Crippen LogP contribution is 2.07. The SMILES string of the molecule is C=CCn1c(=O)c(N)c(N)n(CCCC)c1=O. The van der Waals surface area contributed by atoms with E-state index in [0.717, 1.165) is 17.4 Å². The molecule has 1 aromatic heterocycles. The van der Waals surface area contributed by atoms with Crippen LogP contribution in [0.4, 0.5) is 11.5 Å². The van der Waals surface area contributed by atoms with E-state index in [-0.39, 0.29) is 18.1 Å². The molecule has 0 amide bonds. The van der Waals surface area contributed by atoms with Crippen molar-refractivity contribution in [1.82, 2.24) is 9.13 Å². The Bertz CT molecular complexity index is 527. The van der Waals surface area contributed by atoms with Crippen molar-refractivity contribution in [3.8, 4) is 0 Å². The number of anilines is 2. The Labute approximate surface area is 99.2 Å². The normalized spacial score (nSPS) is 10.4. The third kappa shape index (κ3) is 2.41. The molecule has 0 aliphatic heterocycles. The monoisotopic (exact) mass is 238 g/mol. The molecule has 1 heterocycles. The standard InChI is InChI=1S/C11H18N4O2/c1-3-5-7-14-9(13)8(12)10(16)15(6-4-2)11(14)17/h4H,2-3,5-7,12-13H2,1H3. The van der Waals surface area contributed by atoms with Crippen LogP contribution in [-0.2, 0) is 13.1 Å². The van der Waals surface area contributed by atoms with Crippen molar-refractivity contribution in [3.63, 3.8) is 0 Å². The molecule has 0 spiro atoms. The molecule has 1 aromatic rings. The van der Waals surface area contributed by atoms with Crippen LogP contribution in [0.5, 0.6) is 0 Å². The molecule has 0 bridgehead atoms. The summed E-state index contributed by atoms with van der Waals surface area (Å²) in [5.41, 5.74) is 10.2. The van der Waals surface area contributed by atoms with Gasteiger partial charge in [0.1, 0.15) is 11.5 Å². The Morgan fingerprint density at radius 2 is 1.94 bits per heavy atom. The molecule has 6 nitrogen and oxygen atoms in total. The van der Waals surface area contributed by atoms with Crippen LogP contribution in [0.25, 0.3) is 0 Å². The zero-order chi connectivity index (χ0) is 13.0. The van der Waals surface area contributed by atoms with Crippen LogP contribution in [0.1, 0.15) is 19.8 Å². The topological polar surface area (TPSA) is 96.0 Å². The Balaban J connectivity index is 3.44. The van der Waals surface area contributed by atoms with E-state index < -0.39 is 11.2 Å². The number of aromatic nitrogens is 2. The van der Waals surface area contributed by atoms with Gasteiger partial charge in [0.2, 0.25) is 0 Å². The molecule has 1 rings (SSSR count).